The number of nitrogens with one attached hydrogen (secondary N) is 1. The van der Waals surface area contributed by atoms with Gasteiger partial charge in [-0.3, -0.25) is 4.79 Å². The Balaban J connectivity index is 1.29. The maximum absolute atomic E-state index is 12.6. The monoisotopic (exact) mass is 437 g/mol. The van der Waals surface area contributed by atoms with Gasteiger partial charge in [-0.1, -0.05) is 30.3 Å². The first-order valence-corrected chi connectivity index (χ1v) is 11.4. The molecule has 1 fully saturated rings. The number of hydrogen-bond donors (Lipinski definition) is 1. The fraction of sp³-hybridized carbons (Fsp3) is 0.333. The van der Waals surface area contributed by atoms with Crippen LogP contribution in [0.3, 0.4) is 0 Å². The number of carbonyl (C=O) groups is 1. The van der Waals surface area contributed by atoms with E-state index in [0.717, 1.165) is 29.5 Å². The fourth-order valence-corrected chi connectivity index (χ4v) is 4.45. The van der Waals surface area contributed by atoms with Gasteiger partial charge in [-0.25, -0.2) is 4.98 Å². The van der Waals surface area contributed by atoms with E-state index >= 15 is 0 Å². The van der Waals surface area contributed by atoms with Gasteiger partial charge in [0.25, 0.3) is 5.91 Å². The van der Waals surface area contributed by atoms with Gasteiger partial charge < -0.3 is 19.7 Å². The quantitative estimate of drug-likeness (QED) is 0.541. The standard InChI is InChI=1S/C24H27N3O3S/c1-29-22-15-19(9-10-21(22)30-16-18-7-3-2-4-8-18)23(28)25-12-11-20-17-31-24(26-20)27-13-5-6-14-27/h2-4,7-10,15,17H,5-6,11-14,16H2,1H3,(H,25,28). The second-order valence-electron chi connectivity index (χ2n) is 7.46. The molecule has 1 amide bonds. The molecule has 0 atom stereocenters. The fourth-order valence-electron chi connectivity index (χ4n) is 3.53. The zero-order chi connectivity index (χ0) is 21.5. The molecule has 6 nitrogen and oxygen atoms in total. The maximum Gasteiger partial charge on any atom is 0.251 e. The van der Waals surface area contributed by atoms with Gasteiger partial charge in [0.05, 0.1) is 12.8 Å². The molecular formula is C24H27N3O3S. The Hall–Kier alpha value is -3.06. The smallest absolute Gasteiger partial charge is 0.251 e. The van der Waals surface area contributed by atoms with Crippen LogP contribution in [0.1, 0.15) is 34.5 Å². The largest absolute Gasteiger partial charge is 0.493 e. The van der Waals surface area contributed by atoms with E-state index in [2.05, 4.69) is 15.6 Å². The Kier molecular flexibility index (Phi) is 7.04. The Labute approximate surface area is 186 Å². The molecular weight excluding hydrogens is 410 g/mol. The summed E-state index contributed by atoms with van der Waals surface area (Å²) in [5, 5.41) is 6.15. The average Bonchev–Trinajstić information content (AvgIpc) is 3.50. The van der Waals surface area contributed by atoms with Gasteiger partial charge in [-0.05, 0) is 36.6 Å². The van der Waals surface area contributed by atoms with Crippen LogP contribution < -0.4 is 19.7 Å². The summed E-state index contributed by atoms with van der Waals surface area (Å²) in [6.07, 6.45) is 3.19. The van der Waals surface area contributed by atoms with Crippen LogP contribution in [-0.4, -0.2) is 37.6 Å². The molecule has 0 saturated carbocycles. The van der Waals surface area contributed by atoms with E-state index in [-0.39, 0.29) is 5.91 Å². The first-order chi connectivity index (χ1) is 15.2. The van der Waals surface area contributed by atoms with E-state index in [9.17, 15) is 4.79 Å². The number of hydrogen-bond acceptors (Lipinski definition) is 6. The van der Waals surface area contributed by atoms with Gasteiger partial charge in [-0.2, -0.15) is 0 Å². The third-order valence-electron chi connectivity index (χ3n) is 5.25. The van der Waals surface area contributed by atoms with Crippen molar-refractivity contribution in [1.82, 2.24) is 10.3 Å². The van der Waals surface area contributed by atoms with Crippen molar-refractivity contribution in [2.45, 2.75) is 25.9 Å². The van der Waals surface area contributed by atoms with Gasteiger partial charge in [0.2, 0.25) is 0 Å². The van der Waals surface area contributed by atoms with Crippen molar-refractivity contribution in [2.75, 3.05) is 31.6 Å². The lowest BCUT2D eigenvalue weighted by atomic mass is 10.2. The highest BCUT2D eigenvalue weighted by Gasteiger charge is 2.16. The SMILES string of the molecule is COc1cc(C(=O)NCCc2csc(N3CCCC3)n2)ccc1OCc1ccccc1. The van der Waals surface area contributed by atoms with E-state index in [1.807, 2.05) is 30.3 Å². The average molecular weight is 438 g/mol. The Bertz CT molecular complexity index is 1000. The molecule has 162 valence electrons. The second-order valence-corrected chi connectivity index (χ2v) is 8.30. The number of rotatable bonds is 9. The van der Waals surface area contributed by atoms with Gasteiger partial charge in [0, 0.05) is 37.0 Å². The normalized spacial score (nSPS) is 13.3. The lowest BCUT2D eigenvalue weighted by Crippen LogP contribution is -2.25. The highest BCUT2D eigenvalue weighted by Crippen LogP contribution is 2.29. The molecule has 0 spiro atoms. The van der Waals surface area contributed by atoms with Crippen molar-refractivity contribution in [3.8, 4) is 11.5 Å². The minimum Gasteiger partial charge on any atom is -0.493 e. The lowest BCUT2D eigenvalue weighted by Gasteiger charge is -2.13. The van der Waals surface area contributed by atoms with Crippen LogP contribution in [0.2, 0.25) is 0 Å². The van der Waals surface area contributed by atoms with Crippen LogP contribution in [0.25, 0.3) is 0 Å². The number of aromatic nitrogens is 1. The van der Waals surface area contributed by atoms with Gasteiger partial charge in [0.1, 0.15) is 6.61 Å². The summed E-state index contributed by atoms with van der Waals surface area (Å²) in [5.41, 5.74) is 2.63. The zero-order valence-corrected chi connectivity index (χ0v) is 18.5. The Morgan fingerprint density at radius 2 is 1.94 bits per heavy atom. The Morgan fingerprint density at radius 3 is 2.71 bits per heavy atom. The van der Waals surface area contributed by atoms with Crippen molar-refractivity contribution in [3.63, 3.8) is 0 Å². The molecule has 2 aromatic carbocycles. The molecule has 4 rings (SSSR count). The predicted molar refractivity (Wildman–Crippen MR) is 123 cm³/mol. The lowest BCUT2D eigenvalue weighted by molar-refractivity contribution is 0.0953. The number of anilines is 1. The summed E-state index contributed by atoms with van der Waals surface area (Å²) >= 11 is 1.68. The van der Waals surface area contributed by atoms with Crippen LogP contribution in [0, 0.1) is 0 Å². The van der Waals surface area contributed by atoms with Gasteiger partial charge in [-0.15, -0.1) is 11.3 Å². The van der Waals surface area contributed by atoms with Crippen LogP contribution in [0.4, 0.5) is 5.13 Å². The molecule has 0 aliphatic carbocycles. The molecule has 0 radical (unpaired) electrons. The van der Waals surface area contributed by atoms with Crippen LogP contribution in [0.5, 0.6) is 11.5 Å². The number of amides is 1. The van der Waals surface area contributed by atoms with Crippen molar-refractivity contribution in [1.29, 1.82) is 0 Å². The number of methoxy groups -OCH3 is 1. The van der Waals surface area contributed by atoms with Crippen molar-refractivity contribution < 1.29 is 14.3 Å². The summed E-state index contributed by atoms with van der Waals surface area (Å²) in [6, 6.07) is 15.2. The summed E-state index contributed by atoms with van der Waals surface area (Å²) < 4.78 is 11.3. The molecule has 2 heterocycles. The van der Waals surface area contributed by atoms with Gasteiger partial charge in [0.15, 0.2) is 16.6 Å². The molecule has 0 unspecified atom stereocenters. The van der Waals surface area contributed by atoms with Crippen LogP contribution in [0.15, 0.2) is 53.9 Å². The molecule has 1 aliphatic rings. The van der Waals surface area contributed by atoms with E-state index in [0.29, 0.717) is 36.6 Å². The number of carbonyl (C=O) groups excluding carboxylic acids is 1. The number of ether oxygens (including phenoxy) is 2. The van der Waals surface area contributed by atoms with E-state index in [1.165, 1.54) is 12.8 Å². The van der Waals surface area contributed by atoms with E-state index < -0.39 is 0 Å². The molecule has 7 heteroatoms. The molecule has 0 bridgehead atoms. The molecule has 3 aromatic rings. The first kappa shape index (κ1) is 21.2. The molecule has 1 aliphatic heterocycles. The maximum atomic E-state index is 12.6. The van der Waals surface area contributed by atoms with Crippen molar-refractivity contribution >= 4 is 22.4 Å². The second kappa shape index (κ2) is 10.3. The highest BCUT2D eigenvalue weighted by atomic mass is 32.1. The van der Waals surface area contributed by atoms with Crippen LogP contribution in [-0.2, 0) is 13.0 Å². The summed E-state index contributed by atoms with van der Waals surface area (Å²) in [4.78, 5) is 19.6. The molecule has 31 heavy (non-hydrogen) atoms. The minimum absolute atomic E-state index is 0.136. The minimum atomic E-state index is -0.136. The van der Waals surface area contributed by atoms with E-state index in [4.69, 9.17) is 14.5 Å². The number of nitrogens with zero attached hydrogens (tertiary/aromatic N) is 2. The number of benzene rings is 2. The summed E-state index contributed by atoms with van der Waals surface area (Å²) in [6.45, 7) is 3.17. The number of thiazole rings is 1. The Morgan fingerprint density at radius 1 is 1.13 bits per heavy atom. The topological polar surface area (TPSA) is 63.7 Å². The van der Waals surface area contributed by atoms with Crippen molar-refractivity contribution in [3.05, 3.63) is 70.7 Å². The summed E-state index contributed by atoms with van der Waals surface area (Å²) in [7, 11) is 1.58. The third kappa shape index (κ3) is 5.55. The first-order valence-electron chi connectivity index (χ1n) is 10.6. The molecule has 1 aromatic heterocycles. The van der Waals surface area contributed by atoms with Crippen LogP contribution >= 0.6 is 11.3 Å². The van der Waals surface area contributed by atoms with Crippen molar-refractivity contribution in [2.24, 2.45) is 0 Å². The predicted octanol–water partition coefficient (Wildman–Crippen LogP) is 4.30. The summed E-state index contributed by atoms with van der Waals surface area (Å²) in [5.74, 6) is 1.01. The third-order valence-corrected chi connectivity index (χ3v) is 6.20. The highest BCUT2D eigenvalue weighted by molar-refractivity contribution is 7.13. The molecule has 1 saturated heterocycles. The van der Waals surface area contributed by atoms with Gasteiger partial charge >= 0.3 is 0 Å². The van der Waals surface area contributed by atoms with E-state index in [1.54, 1.807) is 36.6 Å². The zero-order valence-electron chi connectivity index (χ0n) is 17.7. The molecule has 1 N–H and O–H groups in total.